The molecule has 4 atom stereocenters. The average molecular weight is 350 g/mol. The number of aromatic nitrogens is 2. The van der Waals surface area contributed by atoms with E-state index >= 15 is 0 Å². The summed E-state index contributed by atoms with van der Waals surface area (Å²) in [5.41, 5.74) is -1.32. The molecule has 128 valence electrons. The van der Waals surface area contributed by atoms with Crippen LogP contribution in [0.15, 0.2) is 21.9 Å². The highest BCUT2D eigenvalue weighted by atomic mass is 31.2. The summed E-state index contributed by atoms with van der Waals surface area (Å²) < 4.78 is 27.3. The Morgan fingerprint density at radius 1 is 1.57 bits per heavy atom. The highest BCUT2D eigenvalue weighted by Gasteiger charge is 2.40. The van der Waals surface area contributed by atoms with E-state index in [9.17, 15) is 23.8 Å². The first-order valence-electron chi connectivity index (χ1n) is 6.47. The SMILES string of the molecule is CP(=O)(O)OC1CC(n2ccc(=O)[nH]c2=O)OC1COC(=O)O. The second kappa shape index (κ2) is 6.67. The minimum atomic E-state index is -3.87. The Kier molecular flexibility index (Phi) is 5.05. The van der Waals surface area contributed by atoms with Crippen LogP contribution in [0, 0.1) is 0 Å². The summed E-state index contributed by atoms with van der Waals surface area (Å²) in [6.07, 6.45) is -3.18. The first-order valence-corrected chi connectivity index (χ1v) is 8.49. The van der Waals surface area contributed by atoms with Gasteiger partial charge in [-0.25, -0.2) is 9.59 Å². The molecule has 1 aliphatic heterocycles. The summed E-state index contributed by atoms with van der Waals surface area (Å²) in [5, 5.41) is 8.53. The van der Waals surface area contributed by atoms with Gasteiger partial charge in [0.1, 0.15) is 25.0 Å². The van der Waals surface area contributed by atoms with Crippen molar-refractivity contribution in [1.29, 1.82) is 0 Å². The molecule has 23 heavy (non-hydrogen) atoms. The molecule has 0 bridgehead atoms. The van der Waals surface area contributed by atoms with E-state index in [1.807, 2.05) is 4.98 Å². The molecule has 4 unspecified atom stereocenters. The predicted molar refractivity (Wildman–Crippen MR) is 74.4 cm³/mol. The number of carbonyl (C=O) groups is 1. The molecule has 2 heterocycles. The van der Waals surface area contributed by atoms with Gasteiger partial charge in [0, 0.05) is 25.3 Å². The van der Waals surface area contributed by atoms with Gasteiger partial charge in [-0.05, 0) is 0 Å². The van der Waals surface area contributed by atoms with Crippen molar-refractivity contribution in [3.63, 3.8) is 0 Å². The van der Waals surface area contributed by atoms with Crippen LogP contribution in [0.3, 0.4) is 0 Å². The van der Waals surface area contributed by atoms with Crippen molar-refractivity contribution < 1.29 is 33.4 Å². The molecule has 1 aromatic heterocycles. The van der Waals surface area contributed by atoms with E-state index in [-0.39, 0.29) is 6.42 Å². The molecule has 0 aromatic carbocycles. The normalized spacial score (nSPS) is 26.6. The van der Waals surface area contributed by atoms with Gasteiger partial charge in [-0.15, -0.1) is 0 Å². The van der Waals surface area contributed by atoms with Crippen molar-refractivity contribution in [3.05, 3.63) is 33.1 Å². The molecule has 12 heteroatoms. The van der Waals surface area contributed by atoms with Gasteiger partial charge in [0.25, 0.3) is 5.56 Å². The van der Waals surface area contributed by atoms with E-state index in [1.165, 1.54) is 6.20 Å². The zero-order valence-electron chi connectivity index (χ0n) is 11.9. The summed E-state index contributed by atoms with van der Waals surface area (Å²) >= 11 is 0. The summed E-state index contributed by atoms with van der Waals surface area (Å²) in [4.78, 5) is 44.7. The first-order chi connectivity index (χ1) is 10.7. The third-order valence-corrected chi connectivity index (χ3v) is 3.71. The lowest BCUT2D eigenvalue weighted by molar-refractivity contribution is -0.0521. The number of hydrogen-bond donors (Lipinski definition) is 3. The molecule has 3 N–H and O–H groups in total. The Labute approximate surface area is 129 Å². The molecule has 2 rings (SSSR count). The molecular weight excluding hydrogens is 335 g/mol. The Morgan fingerprint density at radius 2 is 2.26 bits per heavy atom. The number of nitrogens with zero attached hydrogens (tertiary/aromatic N) is 1. The first kappa shape index (κ1) is 17.4. The average Bonchev–Trinajstić information content (AvgIpc) is 2.76. The van der Waals surface area contributed by atoms with Crippen LogP contribution in [0.2, 0.25) is 0 Å². The summed E-state index contributed by atoms with van der Waals surface area (Å²) in [6.45, 7) is 0.538. The number of hydrogen-bond acceptors (Lipinski definition) is 7. The van der Waals surface area contributed by atoms with Crippen LogP contribution in [0.4, 0.5) is 4.79 Å². The van der Waals surface area contributed by atoms with Crippen LogP contribution in [0.5, 0.6) is 0 Å². The second-order valence-electron chi connectivity index (χ2n) is 4.91. The zero-order chi connectivity index (χ0) is 17.2. The monoisotopic (exact) mass is 350 g/mol. The number of nitrogens with one attached hydrogen (secondary N) is 1. The van der Waals surface area contributed by atoms with Crippen LogP contribution in [0.25, 0.3) is 0 Å². The van der Waals surface area contributed by atoms with E-state index in [2.05, 4.69) is 4.74 Å². The molecule has 11 nitrogen and oxygen atoms in total. The Hall–Kier alpha value is -1.94. The number of aromatic amines is 1. The van der Waals surface area contributed by atoms with Crippen molar-refractivity contribution >= 4 is 13.8 Å². The van der Waals surface area contributed by atoms with E-state index in [0.29, 0.717) is 0 Å². The van der Waals surface area contributed by atoms with E-state index < -0.39 is 50.0 Å². The number of carboxylic acid groups (broad SMARTS) is 1. The fraction of sp³-hybridized carbons (Fsp3) is 0.545. The van der Waals surface area contributed by atoms with Gasteiger partial charge in [-0.1, -0.05) is 0 Å². The van der Waals surface area contributed by atoms with Gasteiger partial charge in [0.2, 0.25) is 0 Å². The van der Waals surface area contributed by atoms with E-state index in [0.717, 1.165) is 17.3 Å². The third-order valence-electron chi connectivity index (χ3n) is 3.04. The van der Waals surface area contributed by atoms with Crippen molar-refractivity contribution in [2.75, 3.05) is 13.3 Å². The Bertz CT molecular complexity index is 736. The van der Waals surface area contributed by atoms with Crippen molar-refractivity contribution in [1.82, 2.24) is 9.55 Å². The van der Waals surface area contributed by atoms with E-state index in [4.69, 9.17) is 14.4 Å². The summed E-state index contributed by atoms with van der Waals surface area (Å²) in [5.74, 6) is 0. The van der Waals surface area contributed by atoms with E-state index in [1.54, 1.807) is 0 Å². The van der Waals surface area contributed by atoms with Crippen molar-refractivity contribution in [2.45, 2.75) is 24.9 Å². The minimum Gasteiger partial charge on any atom is -0.450 e. The standard InChI is InChI=1S/C11H15N2O9P/c1-23(18,19)22-6-4-9(21-7(6)5-20-11(16)17)13-3-2-8(14)12-10(13)15/h2-3,6-7,9H,4-5H2,1H3,(H,16,17)(H,18,19)(H,12,14,15). The van der Waals surface area contributed by atoms with Gasteiger partial charge in [-0.2, -0.15) is 0 Å². The summed E-state index contributed by atoms with van der Waals surface area (Å²) in [7, 11) is -3.87. The molecule has 0 aliphatic carbocycles. The van der Waals surface area contributed by atoms with Crippen LogP contribution >= 0.6 is 7.60 Å². The van der Waals surface area contributed by atoms with Crippen molar-refractivity contribution in [2.24, 2.45) is 0 Å². The Morgan fingerprint density at radius 3 is 2.83 bits per heavy atom. The maximum Gasteiger partial charge on any atom is 0.505 e. The van der Waals surface area contributed by atoms with Gasteiger partial charge in [-0.3, -0.25) is 18.9 Å². The smallest absolute Gasteiger partial charge is 0.450 e. The lowest BCUT2D eigenvalue weighted by Crippen LogP contribution is -2.32. The third kappa shape index (κ3) is 4.76. The van der Waals surface area contributed by atoms with Crippen molar-refractivity contribution in [3.8, 4) is 0 Å². The maximum absolute atomic E-state index is 11.7. The second-order valence-corrected chi connectivity index (χ2v) is 6.72. The Balaban J connectivity index is 2.20. The highest BCUT2D eigenvalue weighted by molar-refractivity contribution is 7.51. The molecule has 1 aliphatic rings. The molecule has 0 amide bonds. The fourth-order valence-corrected chi connectivity index (χ4v) is 2.92. The molecular formula is C11H15N2O9P. The molecule has 0 saturated carbocycles. The van der Waals surface area contributed by atoms with Gasteiger partial charge < -0.3 is 24.0 Å². The molecule has 0 spiro atoms. The molecule has 1 aromatic rings. The number of H-pyrrole nitrogens is 1. The highest BCUT2D eigenvalue weighted by Crippen LogP contribution is 2.43. The van der Waals surface area contributed by atoms with Crippen LogP contribution in [0.1, 0.15) is 12.6 Å². The zero-order valence-corrected chi connectivity index (χ0v) is 12.8. The minimum absolute atomic E-state index is 0.00200. The molecule has 1 saturated heterocycles. The fourth-order valence-electron chi connectivity index (χ4n) is 2.19. The van der Waals surface area contributed by atoms with Gasteiger partial charge >= 0.3 is 19.4 Å². The lowest BCUT2D eigenvalue weighted by atomic mass is 10.2. The molecule has 0 radical (unpaired) electrons. The van der Waals surface area contributed by atoms with Gasteiger partial charge in [0.15, 0.2) is 0 Å². The van der Waals surface area contributed by atoms with Crippen LogP contribution in [-0.2, 0) is 18.6 Å². The quantitative estimate of drug-likeness (QED) is 0.480. The lowest BCUT2D eigenvalue weighted by Gasteiger charge is -2.19. The number of rotatable bonds is 5. The summed E-state index contributed by atoms with van der Waals surface area (Å²) in [6, 6.07) is 1.11. The van der Waals surface area contributed by atoms with Crippen LogP contribution < -0.4 is 11.2 Å². The maximum atomic E-state index is 11.7. The topological polar surface area (TPSA) is 157 Å². The largest absolute Gasteiger partial charge is 0.505 e. The molecule has 1 fully saturated rings. The predicted octanol–water partition coefficient (Wildman–Crippen LogP) is -0.281. The van der Waals surface area contributed by atoms with Gasteiger partial charge in [0.05, 0.1) is 0 Å². The number of ether oxygens (including phenoxy) is 2. The van der Waals surface area contributed by atoms with Crippen LogP contribution in [-0.4, -0.2) is 51.2 Å².